The lowest BCUT2D eigenvalue weighted by atomic mass is 9.86. The van der Waals surface area contributed by atoms with Crippen LogP contribution in [0.4, 0.5) is 0 Å². The molecule has 2 rings (SSSR count). The molecule has 0 saturated carbocycles. The Balaban J connectivity index is 2.42. The zero-order chi connectivity index (χ0) is 17.4. The van der Waals surface area contributed by atoms with Crippen molar-refractivity contribution in [3.8, 4) is 34.5 Å². The molecule has 5 nitrogen and oxygen atoms in total. The average Bonchev–Trinajstić information content (AvgIpc) is 2.41. The summed E-state index contributed by atoms with van der Waals surface area (Å²) in [6.45, 7) is 7.68. The number of aromatic hydroxyl groups is 4. The minimum absolute atomic E-state index is 0.104. The Hall–Kier alpha value is -2.56. The van der Waals surface area contributed by atoms with E-state index in [2.05, 4.69) is 0 Å². The van der Waals surface area contributed by atoms with Gasteiger partial charge in [0.05, 0.1) is 0 Å². The quantitative estimate of drug-likeness (QED) is 0.682. The van der Waals surface area contributed by atoms with Gasteiger partial charge in [0.25, 0.3) is 0 Å². The monoisotopic (exact) mass is 318 g/mol. The van der Waals surface area contributed by atoms with E-state index in [4.69, 9.17) is 4.74 Å². The molecule has 0 fully saturated rings. The lowest BCUT2D eigenvalue weighted by Crippen LogP contribution is -2.10. The van der Waals surface area contributed by atoms with Crippen LogP contribution in [0.2, 0.25) is 0 Å². The second-order valence-corrected chi connectivity index (χ2v) is 6.49. The molecule has 4 N–H and O–H groups in total. The Bertz CT molecular complexity index is 683. The van der Waals surface area contributed by atoms with Gasteiger partial charge in [-0.3, -0.25) is 0 Å². The first-order valence-electron chi connectivity index (χ1n) is 7.42. The second-order valence-electron chi connectivity index (χ2n) is 6.49. The maximum atomic E-state index is 10.1. The molecule has 23 heavy (non-hydrogen) atoms. The van der Waals surface area contributed by atoms with Crippen LogP contribution in [0.3, 0.4) is 0 Å². The second kappa shape index (κ2) is 5.91. The molecule has 0 radical (unpaired) electrons. The number of ether oxygens (including phenoxy) is 1. The Morgan fingerprint density at radius 3 is 1.70 bits per heavy atom. The number of benzene rings is 2. The topological polar surface area (TPSA) is 90.2 Å². The maximum Gasteiger partial charge on any atom is 0.210 e. The van der Waals surface area contributed by atoms with Crippen LogP contribution in [0.1, 0.15) is 38.8 Å². The molecule has 0 aliphatic rings. The molecule has 0 spiro atoms. The summed E-state index contributed by atoms with van der Waals surface area (Å²) in [5.41, 5.74) is 0.924. The highest BCUT2D eigenvalue weighted by molar-refractivity contribution is 5.57. The highest BCUT2D eigenvalue weighted by Gasteiger charge is 2.20. The van der Waals surface area contributed by atoms with Crippen LogP contribution in [0.25, 0.3) is 0 Å². The summed E-state index contributed by atoms with van der Waals surface area (Å²) < 4.78 is 5.45. The fraction of sp³-hybridized carbons (Fsp3) is 0.333. The first-order valence-corrected chi connectivity index (χ1v) is 7.42. The van der Waals surface area contributed by atoms with Crippen molar-refractivity contribution in [2.45, 2.75) is 39.5 Å². The third-order valence-corrected chi connectivity index (χ3v) is 3.67. The van der Waals surface area contributed by atoms with Gasteiger partial charge in [0.1, 0.15) is 17.2 Å². The van der Waals surface area contributed by atoms with E-state index in [9.17, 15) is 20.4 Å². The minimum Gasteiger partial charge on any atom is -0.507 e. The van der Waals surface area contributed by atoms with E-state index in [1.54, 1.807) is 6.92 Å². The molecule has 124 valence electrons. The Morgan fingerprint density at radius 2 is 1.30 bits per heavy atom. The predicted molar refractivity (Wildman–Crippen MR) is 87.7 cm³/mol. The molecule has 0 bridgehead atoms. The summed E-state index contributed by atoms with van der Waals surface area (Å²) in [7, 11) is 0. The minimum atomic E-state index is -0.243. The lowest BCUT2D eigenvalue weighted by molar-refractivity contribution is 0.368. The molecule has 0 amide bonds. The summed E-state index contributed by atoms with van der Waals surface area (Å²) in [5.74, 6) is -0.644. The number of phenolic OH excluding ortho intramolecular Hbond substituents is 4. The van der Waals surface area contributed by atoms with E-state index < -0.39 is 0 Å². The largest absolute Gasteiger partial charge is 0.507 e. The van der Waals surface area contributed by atoms with E-state index in [-0.39, 0.29) is 39.9 Å². The molecule has 2 aromatic carbocycles. The van der Waals surface area contributed by atoms with Gasteiger partial charge in [-0.15, -0.1) is 0 Å². The number of hydrogen-bond acceptors (Lipinski definition) is 5. The smallest absolute Gasteiger partial charge is 0.210 e. The highest BCUT2D eigenvalue weighted by Crippen LogP contribution is 2.44. The van der Waals surface area contributed by atoms with Gasteiger partial charge >= 0.3 is 0 Å². The standard InChI is InChI=1S/C18H22O5/c1-5-12-13(19)8-11(9-14(12)20)23-17-15(21)6-10(7-16(17)22)18(2,3)4/h6-9,19-22H,5H2,1-4H3. The summed E-state index contributed by atoms with van der Waals surface area (Å²) in [4.78, 5) is 0. The van der Waals surface area contributed by atoms with Crippen molar-refractivity contribution in [3.05, 3.63) is 35.4 Å². The number of rotatable bonds is 3. The predicted octanol–water partition coefficient (Wildman–Crippen LogP) is 4.16. The zero-order valence-corrected chi connectivity index (χ0v) is 13.7. The van der Waals surface area contributed by atoms with E-state index in [1.807, 2.05) is 20.8 Å². The summed E-state index contributed by atoms with van der Waals surface area (Å²) in [6, 6.07) is 5.70. The Kier molecular flexibility index (Phi) is 4.32. The molecule has 0 aliphatic carbocycles. The molecule has 0 aromatic heterocycles. The van der Waals surface area contributed by atoms with Crippen molar-refractivity contribution in [3.63, 3.8) is 0 Å². The van der Waals surface area contributed by atoms with Crippen molar-refractivity contribution in [2.75, 3.05) is 0 Å². The molecule has 0 unspecified atom stereocenters. The van der Waals surface area contributed by atoms with Crippen molar-refractivity contribution < 1.29 is 25.2 Å². The van der Waals surface area contributed by atoms with Gasteiger partial charge < -0.3 is 25.2 Å². The van der Waals surface area contributed by atoms with E-state index in [0.717, 1.165) is 5.56 Å². The maximum absolute atomic E-state index is 10.1. The highest BCUT2D eigenvalue weighted by atomic mass is 16.5. The van der Waals surface area contributed by atoms with Crippen molar-refractivity contribution >= 4 is 0 Å². The molecular formula is C18H22O5. The molecule has 2 aromatic rings. The summed E-state index contributed by atoms with van der Waals surface area (Å²) >= 11 is 0. The first kappa shape index (κ1) is 16.8. The van der Waals surface area contributed by atoms with Gasteiger partial charge in [0.2, 0.25) is 5.75 Å². The van der Waals surface area contributed by atoms with Crippen LogP contribution in [0.15, 0.2) is 24.3 Å². The third-order valence-electron chi connectivity index (χ3n) is 3.67. The lowest BCUT2D eigenvalue weighted by Gasteiger charge is -2.21. The molecular weight excluding hydrogens is 296 g/mol. The fourth-order valence-corrected chi connectivity index (χ4v) is 2.29. The summed E-state index contributed by atoms with van der Waals surface area (Å²) in [5, 5.41) is 40.0. The summed E-state index contributed by atoms with van der Waals surface area (Å²) in [6.07, 6.45) is 0.467. The van der Waals surface area contributed by atoms with Crippen LogP contribution < -0.4 is 4.74 Å². The van der Waals surface area contributed by atoms with Crippen molar-refractivity contribution in [2.24, 2.45) is 0 Å². The van der Waals surface area contributed by atoms with Gasteiger partial charge in [-0.25, -0.2) is 0 Å². The van der Waals surface area contributed by atoms with Gasteiger partial charge in [-0.1, -0.05) is 27.7 Å². The van der Waals surface area contributed by atoms with Crippen LogP contribution in [-0.2, 0) is 11.8 Å². The third kappa shape index (κ3) is 3.44. The van der Waals surface area contributed by atoms with Crippen molar-refractivity contribution in [1.82, 2.24) is 0 Å². The first-order chi connectivity index (χ1) is 10.6. The molecule has 0 saturated heterocycles. The fourth-order valence-electron chi connectivity index (χ4n) is 2.29. The van der Waals surface area contributed by atoms with Crippen LogP contribution in [0.5, 0.6) is 34.5 Å². The Morgan fingerprint density at radius 1 is 0.826 bits per heavy atom. The molecule has 0 heterocycles. The van der Waals surface area contributed by atoms with E-state index in [0.29, 0.717) is 12.0 Å². The number of phenols is 4. The van der Waals surface area contributed by atoms with Gasteiger partial charge in [0.15, 0.2) is 11.5 Å². The normalized spacial score (nSPS) is 11.5. The molecule has 5 heteroatoms. The zero-order valence-electron chi connectivity index (χ0n) is 13.7. The molecule has 0 atom stereocenters. The average molecular weight is 318 g/mol. The van der Waals surface area contributed by atoms with Crippen LogP contribution in [0, 0.1) is 0 Å². The Labute approximate surface area is 135 Å². The van der Waals surface area contributed by atoms with Crippen LogP contribution in [-0.4, -0.2) is 20.4 Å². The van der Waals surface area contributed by atoms with Crippen molar-refractivity contribution in [1.29, 1.82) is 0 Å². The SMILES string of the molecule is CCc1c(O)cc(Oc2c(O)cc(C(C)(C)C)cc2O)cc1O. The van der Waals surface area contributed by atoms with Gasteiger partial charge in [-0.05, 0) is 29.5 Å². The van der Waals surface area contributed by atoms with Gasteiger partial charge in [0, 0.05) is 17.7 Å². The van der Waals surface area contributed by atoms with Crippen LogP contribution >= 0.6 is 0 Å². The molecule has 0 aliphatic heterocycles. The van der Waals surface area contributed by atoms with E-state index in [1.165, 1.54) is 24.3 Å². The number of hydrogen-bond donors (Lipinski definition) is 4. The van der Waals surface area contributed by atoms with E-state index >= 15 is 0 Å². The van der Waals surface area contributed by atoms with Gasteiger partial charge in [-0.2, -0.15) is 0 Å².